The Morgan fingerprint density at radius 3 is 2.48 bits per heavy atom. The maximum Gasteiger partial charge on any atom is 0.251 e. The highest BCUT2D eigenvalue weighted by atomic mass is 32.2. The van der Waals surface area contributed by atoms with Crippen LogP contribution in [0.5, 0.6) is 0 Å². The molecule has 4 rings (SSSR count). The van der Waals surface area contributed by atoms with Gasteiger partial charge in [-0.15, -0.1) is 0 Å². The number of aromatic nitrogens is 1. The molecule has 0 radical (unpaired) electrons. The number of nitrogens with zero attached hydrogens (tertiary/aromatic N) is 2. The lowest BCUT2D eigenvalue weighted by Gasteiger charge is -2.29. The number of carbonyl (C=O) groups excluding carboxylic acids is 1. The molecule has 1 aliphatic heterocycles. The second kappa shape index (κ2) is 9.24. The SMILES string of the molecule is CC1CCN(S(=O)(=O)c2ccc(C(=O)NCCCn3ccc4ccccc43)cc2)CC1. The van der Waals surface area contributed by atoms with Gasteiger partial charge in [0, 0.05) is 43.5 Å². The van der Waals surface area contributed by atoms with E-state index in [2.05, 4.69) is 41.2 Å². The van der Waals surface area contributed by atoms with Gasteiger partial charge in [-0.1, -0.05) is 25.1 Å². The van der Waals surface area contributed by atoms with Crippen LogP contribution in [0.3, 0.4) is 0 Å². The second-order valence-electron chi connectivity index (χ2n) is 8.29. The molecule has 1 saturated heterocycles. The van der Waals surface area contributed by atoms with Crippen molar-refractivity contribution in [2.24, 2.45) is 5.92 Å². The molecule has 1 aliphatic rings. The van der Waals surface area contributed by atoms with Gasteiger partial charge in [-0.05, 0) is 67.0 Å². The zero-order chi connectivity index (χ0) is 21.8. The Hall–Kier alpha value is -2.64. The van der Waals surface area contributed by atoms with E-state index in [0.29, 0.717) is 31.1 Å². The third-order valence-electron chi connectivity index (χ3n) is 6.04. The Bertz CT molecular complexity index is 1140. The Labute approximate surface area is 183 Å². The number of aryl methyl sites for hydroxylation is 1. The van der Waals surface area contributed by atoms with Crippen LogP contribution in [0.1, 0.15) is 36.5 Å². The number of hydrogen-bond acceptors (Lipinski definition) is 3. The molecule has 0 unspecified atom stereocenters. The fourth-order valence-electron chi connectivity index (χ4n) is 4.04. The molecule has 31 heavy (non-hydrogen) atoms. The van der Waals surface area contributed by atoms with Crippen molar-refractivity contribution in [3.8, 4) is 0 Å². The van der Waals surface area contributed by atoms with E-state index in [1.807, 2.05) is 12.1 Å². The average molecular weight is 440 g/mol. The van der Waals surface area contributed by atoms with E-state index in [1.165, 1.54) is 23.0 Å². The molecule has 0 spiro atoms. The summed E-state index contributed by atoms with van der Waals surface area (Å²) in [5.41, 5.74) is 1.66. The molecule has 0 atom stereocenters. The van der Waals surface area contributed by atoms with E-state index in [0.717, 1.165) is 25.8 Å². The van der Waals surface area contributed by atoms with Gasteiger partial charge in [0.2, 0.25) is 10.0 Å². The minimum absolute atomic E-state index is 0.187. The molecule has 0 saturated carbocycles. The van der Waals surface area contributed by atoms with Gasteiger partial charge in [0.25, 0.3) is 5.91 Å². The van der Waals surface area contributed by atoms with Crippen molar-refractivity contribution in [1.82, 2.24) is 14.2 Å². The van der Waals surface area contributed by atoms with Gasteiger partial charge in [0.05, 0.1) is 4.90 Å². The maximum absolute atomic E-state index is 12.8. The van der Waals surface area contributed by atoms with Crippen LogP contribution in [-0.4, -0.2) is 42.8 Å². The molecular weight excluding hydrogens is 410 g/mol. The van der Waals surface area contributed by atoms with Crippen LogP contribution in [-0.2, 0) is 16.6 Å². The molecule has 0 bridgehead atoms. The predicted octanol–water partition coefficient (Wildman–Crippen LogP) is 3.88. The molecule has 1 fully saturated rings. The van der Waals surface area contributed by atoms with Crippen molar-refractivity contribution >= 4 is 26.8 Å². The van der Waals surface area contributed by atoms with Gasteiger partial charge in [0.1, 0.15) is 0 Å². The van der Waals surface area contributed by atoms with Gasteiger partial charge in [-0.2, -0.15) is 4.31 Å². The summed E-state index contributed by atoms with van der Waals surface area (Å²) in [6.45, 7) is 4.64. The number of sulfonamides is 1. The Kier molecular flexibility index (Phi) is 6.43. The van der Waals surface area contributed by atoms with Crippen LogP contribution >= 0.6 is 0 Å². The van der Waals surface area contributed by atoms with Gasteiger partial charge in [-0.3, -0.25) is 4.79 Å². The molecule has 1 amide bonds. The van der Waals surface area contributed by atoms with Crippen LogP contribution in [0.15, 0.2) is 65.7 Å². The number of rotatable bonds is 7. The first-order valence-electron chi connectivity index (χ1n) is 10.9. The van der Waals surface area contributed by atoms with Crippen molar-refractivity contribution in [2.45, 2.75) is 37.6 Å². The van der Waals surface area contributed by atoms with Crippen molar-refractivity contribution in [1.29, 1.82) is 0 Å². The maximum atomic E-state index is 12.8. The first kappa shape index (κ1) is 21.6. The topological polar surface area (TPSA) is 71.4 Å². The number of nitrogens with one attached hydrogen (secondary N) is 1. The van der Waals surface area contributed by atoms with Crippen LogP contribution in [0.2, 0.25) is 0 Å². The van der Waals surface area contributed by atoms with Crippen LogP contribution in [0, 0.1) is 5.92 Å². The average Bonchev–Trinajstić information content (AvgIpc) is 3.20. The minimum Gasteiger partial charge on any atom is -0.352 e. The normalized spacial score (nSPS) is 15.9. The summed E-state index contributed by atoms with van der Waals surface area (Å²) in [6.07, 6.45) is 4.65. The smallest absolute Gasteiger partial charge is 0.251 e. The van der Waals surface area contributed by atoms with Gasteiger partial charge in [0.15, 0.2) is 0 Å². The van der Waals surface area contributed by atoms with E-state index in [4.69, 9.17) is 0 Å². The number of carbonyl (C=O) groups is 1. The molecular formula is C24H29N3O3S. The number of amides is 1. The van der Waals surface area contributed by atoms with Crippen LogP contribution in [0.4, 0.5) is 0 Å². The largest absolute Gasteiger partial charge is 0.352 e. The molecule has 7 heteroatoms. The zero-order valence-corrected chi connectivity index (χ0v) is 18.6. The summed E-state index contributed by atoms with van der Waals surface area (Å²) in [6, 6.07) is 16.6. The predicted molar refractivity (Wildman–Crippen MR) is 122 cm³/mol. The first-order chi connectivity index (χ1) is 14.9. The second-order valence-corrected chi connectivity index (χ2v) is 10.2. The summed E-state index contributed by atoms with van der Waals surface area (Å²) in [4.78, 5) is 12.7. The van der Waals surface area contributed by atoms with Gasteiger partial charge < -0.3 is 9.88 Å². The third-order valence-corrected chi connectivity index (χ3v) is 7.95. The first-order valence-corrected chi connectivity index (χ1v) is 12.3. The third kappa shape index (κ3) is 4.83. The van der Waals surface area contributed by atoms with E-state index in [1.54, 1.807) is 16.4 Å². The van der Waals surface area contributed by atoms with Crippen LogP contribution in [0.25, 0.3) is 10.9 Å². The lowest BCUT2D eigenvalue weighted by Crippen LogP contribution is -2.37. The molecule has 0 aliphatic carbocycles. The fraction of sp³-hybridized carbons (Fsp3) is 0.375. The molecule has 2 heterocycles. The summed E-state index contributed by atoms with van der Waals surface area (Å²) >= 11 is 0. The lowest BCUT2D eigenvalue weighted by molar-refractivity contribution is 0.0952. The van der Waals surface area contributed by atoms with E-state index >= 15 is 0 Å². The standard InChI is InChI=1S/C24H29N3O3S/c1-19-11-17-27(18-12-19)31(29,30)22-9-7-21(8-10-22)24(28)25-14-4-15-26-16-13-20-5-2-3-6-23(20)26/h2-3,5-10,13,16,19H,4,11-12,14-15,17-18H2,1H3,(H,25,28). The van der Waals surface area contributed by atoms with Crippen molar-refractivity contribution in [3.05, 3.63) is 66.4 Å². The van der Waals surface area contributed by atoms with Crippen molar-refractivity contribution in [2.75, 3.05) is 19.6 Å². The van der Waals surface area contributed by atoms with E-state index in [-0.39, 0.29) is 10.8 Å². The highest BCUT2D eigenvalue weighted by Gasteiger charge is 2.28. The molecule has 2 aromatic carbocycles. The Morgan fingerprint density at radius 1 is 1.03 bits per heavy atom. The van der Waals surface area contributed by atoms with E-state index < -0.39 is 10.0 Å². The fourth-order valence-corrected chi connectivity index (χ4v) is 5.51. The van der Waals surface area contributed by atoms with Crippen molar-refractivity contribution < 1.29 is 13.2 Å². The monoisotopic (exact) mass is 439 g/mol. The molecule has 6 nitrogen and oxygen atoms in total. The summed E-state index contributed by atoms with van der Waals surface area (Å²) in [5.74, 6) is 0.377. The zero-order valence-electron chi connectivity index (χ0n) is 17.8. The Morgan fingerprint density at radius 2 is 1.74 bits per heavy atom. The summed E-state index contributed by atoms with van der Waals surface area (Å²) < 4.78 is 29.4. The highest BCUT2D eigenvalue weighted by Crippen LogP contribution is 2.23. The minimum atomic E-state index is -3.49. The number of piperidine rings is 1. The number of para-hydroxylation sites is 1. The van der Waals surface area contributed by atoms with Crippen LogP contribution < -0.4 is 5.32 Å². The summed E-state index contributed by atoms with van der Waals surface area (Å²) in [7, 11) is -3.49. The number of hydrogen-bond donors (Lipinski definition) is 1. The molecule has 164 valence electrons. The van der Waals surface area contributed by atoms with Gasteiger partial charge >= 0.3 is 0 Å². The molecule has 1 N–H and O–H groups in total. The van der Waals surface area contributed by atoms with E-state index in [9.17, 15) is 13.2 Å². The highest BCUT2D eigenvalue weighted by molar-refractivity contribution is 7.89. The molecule has 1 aromatic heterocycles. The van der Waals surface area contributed by atoms with Crippen molar-refractivity contribution in [3.63, 3.8) is 0 Å². The molecule has 3 aromatic rings. The Balaban J connectivity index is 1.30. The number of fused-ring (bicyclic) bond motifs is 1. The quantitative estimate of drug-likeness (QED) is 0.568. The number of benzene rings is 2. The summed E-state index contributed by atoms with van der Waals surface area (Å²) in [5, 5.41) is 4.13. The lowest BCUT2D eigenvalue weighted by atomic mass is 10.0. The van der Waals surface area contributed by atoms with Gasteiger partial charge in [-0.25, -0.2) is 8.42 Å².